The van der Waals surface area contributed by atoms with Crippen molar-refractivity contribution in [3.8, 4) is 5.75 Å². The van der Waals surface area contributed by atoms with Gasteiger partial charge in [0.1, 0.15) is 5.75 Å². The number of halogens is 2. The molecule has 0 heterocycles. The van der Waals surface area contributed by atoms with Crippen LogP contribution in [0.5, 0.6) is 5.75 Å². The molecule has 0 aromatic heterocycles. The Bertz CT molecular complexity index is 855. The van der Waals surface area contributed by atoms with Gasteiger partial charge in [-0.05, 0) is 47.7 Å². The lowest BCUT2D eigenvalue weighted by Gasteiger charge is -2.18. The first-order chi connectivity index (χ1) is 14.3. The number of esters is 1. The quantitative estimate of drug-likeness (QED) is 0.582. The Balaban J connectivity index is 2.05. The topological polar surface area (TPSA) is 64.6 Å². The number of methoxy groups -OCH3 is 1. The lowest BCUT2D eigenvalue weighted by atomic mass is 10.1. The maximum Gasteiger partial charge on any atom is 0.333 e. The van der Waals surface area contributed by atoms with Crippen molar-refractivity contribution in [1.29, 1.82) is 0 Å². The van der Waals surface area contributed by atoms with Crippen molar-refractivity contribution in [2.75, 3.05) is 13.7 Å². The first-order valence-electron chi connectivity index (χ1n) is 9.87. The van der Waals surface area contributed by atoms with Gasteiger partial charge >= 0.3 is 5.97 Å². The van der Waals surface area contributed by atoms with Gasteiger partial charge in [-0.25, -0.2) is 13.6 Å². The highest BCUT2D eigenvalue weighted by Crippen LogP contribution is 2.20. The SMILES string of the molecule is CCCC(C)COc1ccc([C@@H](NC(=O)Cc2ccc(F)c(F)c2)C(=O)OC)cc1. The van der Waals surface area contributed by atoms with Gasteiger partial charge in [-0.2, -0.15) is 0 Å². The number of hydrogen-bond donors (Lipinski definition) is 1. The van der Waals surface area contributed by atoms with Gasteiger partial charge in [0, 0.05) is 0 Å². The molecule has 2 aromatic carbocycles. The van der Waals surface area contributed by atoms with E-state index in [9.17, 15) is 18.4 Å². The van der Waals surface area contributed by atoms with Crippen LogP contribution in [0.15, 0.2) is 42.5 Å². The Morgan fingerprint density at radius 1 is 1.07 bits per heavy atom. The zero-order chi connectivity index (χ0) is 22.1. The fourth-order valence-corrected chi connectivity index (χ4v) is 3.01. The van der Waals surface area contributed by atoms with E-state index in [4.69, 9.17) is 9.47 Å². The Morgan fingerprint density at radius 3 is 2.37 bits per heavy atom. The van der Waals surface area contributed by atoms with Crippen LogP contribution in [-0.4, -0.2) is 25.6 Å². The minimum Gasteiger partial charge on any atom is -0.493 e. The molecule has 1 N–H and O–H groups in total. The van der Waals surface area contributed by atoms with Gasteiger partial charge in [-0.3, -0.25) is 4.79 Å². The number of benzene rings is 2. The number of amides is 1. The molecule has 0 spiro atoms. The van der Waals surface area contributed by atoms with Crippen LogP contribution in [-0.2, 0) is 20.7 Å². The highest BCUT2D eigenvalue weighted by atomic mass is 19.2. The van der Waals surface area contributed by atoms with Crippen molar-refractivity contribution in [3.63, 3.8) is 0 Å². The third-order valence-corrected chi connectivity index (χ3v) is 4.62. The Labute approximate surface area is 175 Å². The van der Waals surface area contributed by atoms with E-state index in [1.165, 1.54) is 13.2 Å². The molecule has 0 saturated carbocycles. The standard InChI is InChI=1S/C23H27F2NO4/c1-4-5-15(2)14-30-18-9-7-17(8-10-18)22(23(28)29-3)26-21(27)13-16-6-11-19(24)20(25)12-16/h6-12,15,22H,4-5,13-14H2,1-3H3,(H,26,27)/t15?,22-/m1/s1. The monoisotopic (exact) mass is 419 g/mol. The van der Waals surface area contributed by atoms with Crippen LogP contribution >= 0.6 is 0 Å². The normalized spacial score (nSPS) is 12.7. The fourth-order valence-electron chi connectivity index (χ4n) is 3.01. The van der Waals surface area contributed by atoms with Crippen molar-refractivity contribution in [3.05, 3.63) is 65.2 Å². The van der Waals surface area contributed by atoms with Crippen molar-refractivity contribution in [1.82, 2.24) is 5.32 Å². The van der Waals surface area contributed by atoms with Crippen LogP contribution in [0.3, 0.4) is 0 Å². The molecule has 2 aromatic rings. The molecular formula is C23H27F2NO4. The van der Waals surface area contributed by atoms with Crippen molar-refractivity contribution >= 4 is 11.9 Å². The predicted octanol–water partition coefficient (Wildman–Crippen LogP) is 4.35. The second kappa shape index (κ2) is 11.3. The third kappa shape index (κ3) is 6.83. The number of rotatable bonds is 10. The van der Waals surface area contributed by atoms with Gasteiger partial charge in [0.15, 0.2) is 17.7 Å². The zero-order valence-corrected chi connectivity index (χ0v) is 17.4. The summed E-state index contributed by atoms with van der Waals surface area (Å²) < 4.78 is 36.9. The van der Waals surface area contributed by atoms with E-state index in [1.807, 2.05) is 0 Å². The third-order valence-electron chi connectivity index (χ3n) is 4.62. The number of carbonyl (C=O) groups excluding carboxylic acids is 2. The van der Waals surface area contributed by atoms with Crippen LogP contribution in [0.25, 0.3) is 0 Å². The van der Waals surface area contributed by atoms with E-state index >= 15 is 0 Å². The van der Waals surface area contributed by atoms with E-state index in [0.717, 1.165) is 25.0 Å². The molecule has 30 heavy (non-hydrogen) atoms. The molecule has 1 amide bonds. The molecule has 1 unspecified atom stereocenters. The summed E-state index contributed by atoms with van der Waals surface area (Å²) in [6.45, 7) is 4.84. The zero-order valence-electron chi connectivity index (χ0n) is 17.4. The summed E-state index contributed by atoms with van der Waals surface area (Å²) in [7, 11) is 1.23. The Kier molecular flexibility index (Phi) is 8.77. The summed E-state index contributed by atoms with van der Waals surface area (Å²) in [6.07, 6.45) is 1.96. The predicted molar refractivity (Wildman–Crippen MR) is 109 cm³/mol. The second-order valence-electron chi connectivity index (χ2n) is 7.22. The number of hydrogen-bond acceptors (Lipinski definition) is 4. The summed E-state index contributed by atoms with van der Waals surface area (Å²) in [4.78, 5) is 24.6. The first kappa shape index (κ1) is 23.3. The van der Waals surface area contributed by atoms with Gasteiger partial charge in [-0.1, -0.05) is 38.5 Å². The summed E-state index contributed by atoms with van der Waals surface area (Å²) in [5.74, 6) is -2.08. The van der Waals surface area contributed by atoms with Crippen LogP contribution in [0.2, 0.25) is 0 Å². The summed E-state index contributed by atoms with van der Waals surface area (Å²) >= 11 is 0. The Morgan fingerprint density at radius 2 is 1.77 bits per heavy atom. The highest BCUT2D eigenvalue weighted by Gasteiger charge is 2.24. The van der Waals surface area contributed by atoms with E-state index in [-0.39, 0.29) is 6.42 Å². The average molecular weight is 419 g/mol. The van der Waals surface area contributed by atoms with Crippen molar-refractivity contribution in [2.24, 2.45) is 5.92 Å². The van der Waals surface area contributed by atoms with Gasteiger partial charge in [0.2, 0.25) is 5.91 Å². The molecule has 0 fully saturated rings. The van der Waals surface area contributed by atoms with Gasteiger partial charge in [0.25, 0.3) is 0 Å². The van der Waals surface area contributed by atoms with Gasteiger partial charge in [0.05, 0.1) is 20.1 Å². The fraction of sp³-hybridized carbons (Fsp3) is 0.391. The molecule has 0 aliphatic heterocycles. The number of carbonyl (C=O) groups is 2. The molecule has 2 atom stereocenters. The molecule has 0 radical (unpaired) electrons. The molecular weight excluding hydrogens is 392 g/mol. The summed E-state index contributed by atoms with van der Waals surface area (Å²) in [5.41, 5.74) is 0.814. The molecule has 2 rings (SSSR count). The van der Waals surface area contributed by atoms with Crippen LogP contribution < -0.4 is 10.1 Å². The van der Waals surface area contributed by atoms with E-state index in [0.29, 0.717) is 29.4 Å². The Hall–Kier alpha value is -2.96. The maximum absolute atomic E-state index is 13.3. The minimum absolute atomic E-state index is 0.207. The van der Waals surface area contributed by atoms with Crippen LogP contribution in [0.4, 0.5) is 8.78 Å². The van der Waals surface area contributed by atoms with Crippen LogP contribution in [0, 0.1) is 17.6 Å². The highest BCUT2D eigenvalue weighted by molar-refractivity contribution is 5.86. The lowest BCUT2D eigenvalue weighted by Crippen LogP contribution is -2.35. The van der Waals surface area contributed by atoms with E-state index < -0.39 is 29.6 Å². The van der Waals surface area contributed by atoms with Crippen LogP contribution in [0.1, 0.15) is 43.9 Å². The minimum atomic E-state index is -1.03. The molecule has 0 saturated heterocycles. The lowest BCUT2D eigenvalue weighted by molar-refractivity contribution is -0.145. The van der Waals surface area contributed by atoms with Crippen molar-refractivity contribution in [2.45, 2.75) is 39.2 Å². The molecule has 0 aliphatic rings. The van der Waals surface area contributed by atoms with Gasteiger partial charge in [-0.15, -0.1) is 0 Å². The van der Waals surface area contributed by atoms with Crippen molar-refractivity contribution < 1.29 is 27.8 Å². The first-order valence-corrected chi connectivity index (χ1v) is 9.87. The molecule has 162 valence electrons. The summed E-state index contributed by atoms with van der Waals surface area (Å²) in [6, 6.07) is 9.01. The molecule has 5 nitrogen and oxygen atoms in total. The number of nitrogens with one attached hydrogen (secondary N) is 1. The van der Waals surface area contributed by atoms with Gasteiger partial charge < -0.3 is 14.8 Å². The second-order valence-corrected chi connectivity index (χ2v) is 7.22. The number of ether oxygens (including phenoxy) is 2. The van der Waals surface area contributed by atoms with E-state index in [1.54, 1.807) is 24.3 Å². The largest absolute Gasteiger partial charge is 0.493 e. The summed E-state index contributed by atoms with van der Waals surface area (Å²) in [5, 5.41) is 2.58. The maximum atomic E-state index is 13.3. The van der Waals surface area contributed by atoms with E-state index in [2.05, 4.69) is 19.2 Å². The smallest absolute Gasteiger partial charge is 0.333 e. The molecule has 7 heteroatoms. The molecule has 0 bridgehead atoms. The molecule has 0 aliphatic carbocycles. The average Bonchev–Trinajstić information content (AvgIpc) is 2.73.